The zero-order valence-electron chi connectivity index (χ0n) is 16.5. The summed E-state index contributed by atoms with van der Waals surface area (Å²) in [6.07, 6.45) is 1.61. The highest BCUT2D eigenvalue weighted by Gasteiger charge is 2.18. The molecule has 3 aromatic rings. The fraction of sp³-hybridized carbons (Fsp3) is 0.217. The first-order valence-electron chi connectivity index (χ1n) is 9.33. The fourth-order valence-electron chi connectivity index (χ4n) is 2.89. The van der Waals surface area contributed by atoms with Crippen LogP contribution in [0.1, 0.15) is 27.7 Å². The van der Waals surface area contributed by atoms with Crippen LogP contribution in [0.4, 0.5) is 0 Å². The summed E-state index contributed by atoms with van der Waals surface area (Å²) >= 11 is 0. The Morgan fingerprint density at radius 2 is 1.66 bits per heavy atom. The van der Waals surface area contributed by atoms with Crippen molar-refractivity contribution in [1.29, 1.82) is 0 Å². The highest BCUT2D eigenvalue weighted by molar-refractivity contribution is 6.08. The van der Waals surface area contributed by atoms with E-state index in [0.29, 0.717) is 23.4 Å². The molecule has 0 radical (unpaired) electrons. The number of hydrogen-bond acceptors (Lipinski definition) is 5. The van der Waals surface area contributed by atoms with Gasteiger partial charge in [0.2, 0.25) is 0 Å². The maximum Gasteiger partial charge on any atom is 0.258 e. The number of nitrogens with zero attached hydrogens (tertiary/aromatic N) is 1. The van der Waals surface area contributed by atoms with E-state index in [9.17, 15) is 9.59 Å². The van der Waals surface area contributed by atoms with Gasteiger partial charge in [-0.15, -0.1) is 0 Å². The van der Waals surface area contributed by atoms with Crippen molar-refractivity contribution >= 4 is 11.7 Å². The Hall–Kier alpha value is -3.38. The predicted octanol–water partition coefficient (Wildman–Crippen LogP) is 3.31. The van der Waals surface area contributed by atoms with E-state index in [1.54, 1.807) is 42.7 Å². The lowest BCUT2D eigenvalue weighted by Gasteiger charge is -2.22. The standard InChI is InChI=1S/C23H24N2O4/c1-25(2)20(21-9-6-14-28-21)15-24-22(26)16-29-19-12-10-18(11-13-19)23(27)17-7-4-3-5-8-17/h3-14,20H,15-16H2,1-2H3,(H,24,26)/t20-/m1/s1. The van der Waals surface area contributed by atoms with Gasteiger partial charge in [-0.25, -0.2) is 0 Å². The normalized spacial score (nSPS) is 11.8. The summed E-state index contributed by atoms with van der Waals surface area (Å²) in [5.74, 6) is 1.03. The maximum absolute atomic E-state index is 12.4. The molecule has 6 nitrogen and oxygen atoms in total. The SMILES string of the molecule is CN(C)[C@H](CNC(=O)COc1ccc(C(=O)c2ccccc2)cc1)c1ccco1. The number of hydrogen-bond donors (Lipinski definition) is 1. The summed E-state index contributed by atoms with van der Waals surface area (Å²) in [6, 6.07) is 19.5. The molecule has 3 rings (SSSR count). The van der Waals surface area contributed by atoms with Crippen molar-refractivity contribution in [3.8, 4) is 5.75 Å². The molecule has 29 heavy (non-hydrogen) atoms. The van der Waals surface area contributed by atoms with E-state index in [1.165, 1.54) is 0 Å². The Morgan fingerprint density at radius 3 is 2.28 bits per heavy atom. The van der Waals surface area contributed by atoms with Crippen molar-refractivity contribution in [3.05, 3.63) is 89.9 Å². The van der Waals surface area contributed by atoms with Crippen LogP contribution in [0.3, 0.4) is 0 Å². The van der Waals surface area contributed by atoms with Crippen LogP contribution in [0.25, 0.3) is 0 Å². The van der Waals surface area contributed by atoms with Crippen LogP contribution in [0.5, 0.6) is 5.75 Å². The molecule has 1 atom stereocenters. The number of rotatable bonds is 9. The average Bonchev–Trinajstić information content (AvgIpc) is 3.27. The Labute approximate surface area is 170 Å². The molecule has 1 N–H and O–H groups in total. The van der Waals surface area contributed by atoms with Crippen LogP contribution in [-0.2, 0) is 4.79 Å². The van der Waals surface area contributed by atoms with E-state index in [4.69, 9.17) is 9.15 Å². The van der Waals surface area contributed by atoms with Gasteiger partial charge in [-0.2, -0.15) is 0 Å². The monoisotopic (exact) mass is 392 g/mol. The van der Waals surface area contributed by atoms with Crippen molar-refractivity contribution in [2.45, 2.75) is 6.04 Å². The fourth-order valence-corrected chi connectivity index (χ4v) is 2.89. The first-order valence-corrected chi connectivity index (χ1v) is 9.33. The number of carbonyl (C=O) groups is 2. The van der Waals surface area contributed by atoms with E-state index >= 15 is 0 Å². The van der Waals surface area contributed by atoms with Gasteiger partial charge in [-0.3, -0.25) is 14.5 Å². The molecule has 0 saturated carbocycles. The molecule has 0 aliphatic carbocycles. The Bertz CT molecular complexity index is 919. The minimum atomic E-state index is -0.229. The molecule has 2 aromatic carbocycles. The second-order valence-electron chi connectivity index (χ2n) is 6.81. The molecule has 0 saturated heterocycles. The lowest BCUT2D eigenvalue weighted by atomic mass is 10.0. The molecule has 0 aliphatic rings. The lowest BCUT2D eigenvalue weighted by molar-refractivity contribution is -0.123. The highest BCUT2D eigenvalue weighted by Crippen LogP contribution is 2.18. The van der Waals surface area contributed by atoms with Crippen molar-refractivity contribution in [1.82, 2.24) is 10.2 Å². The van der Waals surface area contributed by atoms with Gasteiger partial charge in [0.05, 0.1) is 12.3 Å². The number of ether oxygens (including phenoxy) is 1. The van der Waals surface area contributed by atoms with Gasteiger partial charge in [-0.05, 0) is 50.5 Å². The van der Waals surface area contributed by atoms with E-state index in [-0.39, 0.29) is 24.3 Å². The summed E-state index contributed by atoms with van der Waals surface area (Å²) in [7, 11) is 3.85. The molecule has 1 heterocycles. The first-order chi connectivity index (χ1) is 14.0. The summed E-state index contributed by atoms with van der Waals surface area (Å²) in [4.78, 5) is 26.5. The zero-order valence-corrected chi connectivity index (χ0v) is 16.5. The van der Waals surface area contributed by atoms with Gasteiger partial charge in [-0.1, -0.05) is 30.3 Å². The van der Waals surface area contributed by atoms with Crippen LogP contribution in [0.2, 0.25) is 0 Å². The topological polar surface area (TPSA) is 71.8 Å². The summed E-state index contributed by atoms with van der Waals surface area (Å²) in [6.45, 7) is 0.303. The number of furan rings is 1. The van der Waals surface area contributed by atoms with Gasteiger partial charge in [0.25, 0.3) is 5.91 Å². The molecule has 0 aliphatic heterocycles. The minimum Gasteiger partial charge on any atom is -0.484 e. The molecule has 0 bridgehead atoms. The molecule has 0 spiro atoms. The van der Waals surface area contributed by atoms with Gasteiger partial charge in [0.15, 0.2) is 12.4 Å². The number of amides is 1. The predicted molar refractivity (Wildman–Crippen MR) is 110 cm³/mol. The number of ketones is 1. The Balaban J connectivity index is 1.49. The third-order valence-electron chi connectivity index (χ3n) is 4.51. The molecule has 6 heteroatoms. The average molecular weight is 392 g/mol. The van der Waals surface area contributed by atoms with Gasteiger partial charge >= 0.3 is 0 Å². The summed E-state index contributed by atoms with van der Waals surface area (Å²) in [5, 5.41) is 2.85. The Morgan fingerprint density at radius 1 is 0.966 bits per heavy atom. The smallest absolute Gasteiger partial charge is 0.258 e. The Kier molecular flexibility index (Phi) is 6.81. The molecule has 0 unspecified atom stereocenters. The second kappa shape index (κ2) is 9.71. The number of carbonyl (C=O) groups excluding carboxylic acids is 2. The minimum absolute atomic E-state index is 0.0532. The molecular formula is C23H24N2O4. The summed E-state index contributed by atoms with van der Waals surface area (Å²) in [5.41, 5.74) is 1.20. The first kappa shape index (κ1) is 20.4. The van der Waals surface area contributed by atoms with E-state index in [2.05, 4.69) is 5.32 Å². The van der Waals surface area contributed by atoms with Crippen molar-refractivity contribution < 1.29 is 18.7 Å². The second-order valence-corrected chi connectivity index (χ2v) is 6.81. The van der Waals surface area contributed by atoms with Crippen LogP contribution in [0.15, 0.2) is 77.4 Å². The van der Waals surface area contributed by atoms with E-state index in [1.807, 2.05) is 49.3 Å². The van der Waals surface area contributed by atoms with Crippen LogP contribution < -0.4 is 10.1 Å². The van der Waals surface area contributed by atoms with Crippen molar-refractivity contribution in [2.24, 2.45) is 0 Å². The van der Waals surface area contributed by atoms with E-state index in [0.717, 1.165) is 5.76 Å². The molecule has 0 fully saturated rings. The maximum atomic E-state index is 12.4. The van der Waals surface area contributed by atoms with E-state index < -0.39 is 0 Å². The molecule has 150 valence electrons. The van der Waals surface area contributed by atoms with Crippen LogP contribution in [-0.4, -0.2) is 43.8 Å². The molecule has 1 aromatic heterocycles. The van der Waals surface area contributed by atoms with Crippen molar-refractivity contribution in [2.75, 3.05) is 27.2 Å². The molecule has 1 amide bonds. The quantitative estimate of drug-likeness (QED) is 0.566. The van der Waals surface area contributed by atoms with Crippen LogP contribution >= 0.6 is 0 Å². The molecular weight excluding hydrogens is 368 g/mol. The van der Waals surface area contributed by atoms with Crippen LogP contribution in [0, 0.1) is 0 Å². The zero-order chi connectivity index (χ0) is 20.6. The summed E-state index contributed by atoms with van der Waals surface area (Å²) < 4.78 is 11.0. The van der Waals surface area contributed by atoms with Crippen molar-refractivity contribution in [3.63, 3.8) is 0 Å². The van der Waals surface area contributed by atoms with Gasteiger partial charge in [0, 0.05) is 17.7 Å². The largest absolute Gasteiger partial charge is 0.484 e. The number of nitrogens with one attached hydrogen (secondary N) is 1. The third-order valence-corrected chi connectivity index (χ3v) is 4.51. The van der Waals surface area contributed by atoms with Gasteiger partial charge < -0.3 is 14.5 Å². The third kappa shape index (κ3) is 5.56. The number of benzene rings is 2. The number of likely N-dealkylation sites (N-methyl/N-ethyl adjacent to an activating group) is 1. The highest BCUT2D eigenvalue weighted by atomic mass is 16.5. The van der Waals surface area contributed by atoms with Gasteiger partial charge in [0.1, 0.15) is 11.5 Å². The lowest BCUT2D eigenvalue weighted by Crippen LogP contribution is -2.36.